The molecule has 2 aromatic rings. The summed E-state index contributed by atoms with van der Waals surface area (Å²) in [5.74, 6) is -1.60. The largest absolute Gasteiger partial charge is 0.452 e. The van der Waals surface area contributed by atoms with Crippen LogP contribution in [0.1, 0.15) is 12.2 Å². The summed E-state index contributed by atoms with van der Waals surface area (Å²) in [4.78, 5) is 5.05. The molecule has 0 aliphatic carbocycles. The fourth-order valence-corrected chi connectivity index (χ4v) is 2.38. The number of benzene rings is 1. The highest BCUT2D eigenvalue weighted by molar-refractivity contribution is 7.09. The van der Waals surface area contributed by atoms with Gasteiger partial charge in [0.15, 0.2) is 0 Å². The van der Waals surface area contributed by atoms with Crippen LogP contribution in [0.25, 0.3) is 0 Å². The van der Waals surface area contributed by atoms with Crippen LogP contribution in [-0.4, -0.2) is 22.4 Å². The lowest BCUT2D eigenvalue weighted by atomic mass is 10.2. The second kappa shape index (κ2) is 6.35. The number of nitrogens with zero attached hydrogens (tertiary/aromatic N) is 3. The Kier molecular flexibility index (Phi) is 4.73. The molecule has 0 aliphatic rings. The maximum atomic E-state index is 13.0. The molecule has 0 spiro atoms. The molecule has 21 heavy (non-hydrogen) atoms. The van der Waals surface area contributed by atoms with Crippen LogP contribution >= 0.6 is 11.5 Å². The van der Waals surface area contributed by atoms with E-state index in [9.17, 15) is 17.6 Å². The van der Waals surface area contributed by atoms with Crippen molar-refractivity contribution in [2.75, 3.05) is 18.0 Å². The number of anilines is 2. The molecular formula is C12H12F4N4S. The SMILES string of the molecule is NCCCN(c1ccc(F)cc1)c1nc(C(F)(F)F)ns1. The zero-order valence-corrected chi connectivity index (χ0v) is 11.6. The van der Waals surface area contributed by atoms with E-state index in [0.29, 0.717) is 36.7 Å². The minimum absolute atomic E-state index is 0.0994. The van der Waals surface area contributed by atoms with Crippen molar-refractivity contribution in [3.05, 3.63) is 35.9 Å². The van der Waals surface area contributed by atoms with E-state index in [4.69, 9.17) is 5.73 Å². The van der Waals surface area contributed by atoms with Crippen LogP contribution in [0.15, 0.2) is 24.3 Å². The van der Waals surface area contributed by atoms with Crippen molar-refractivity contribution in [1.82, 2.24) is 9.36 Å². The average molecular weight is 320 g/mol. The quantitative estimate of drug-likeness (QED) is 0.860. The Hall–Kier alpha value is -1.74. The first-order valence-electron chi connectivity index (χ1n) is 6.06. The summed E-state index contributed by atoms with van der Waals surface area (Å²) in [6.07, 6.45) is -4.03. The molecule has 1 aromatic heterocycles. The van der Waals surface area contributed by atoms with Gasteiger partial charge < -0.3 is 10.6 Å². The second-order valence-electron chi connectivity index (χ2n) is 4.17. The van der Waals surface area contributed by atoms with Crippen LogP contribution in [-0.2, 0) is 6.18 Å². The van der Waals surface area contributed by atoms with Gasteiger partial charge in [-0.3, -0.25) is 0 Å². The van der Waals surface area contributed by atoms with E-state index in [2.05, 4.69) is 9.36 Å². The Labute approximate surface area is 122 Å². The molecule has 0 amide bonds. The predicted octanol–water partition coefficient (Wildman–Crippen LogP) is 3.18. The van der Waals surface area contributed by atoms with Gasteiger partial charge in [-0.15, -0.1) is 0 Å². The molecule has 0 fully saturated rings. The number of rotatable bonds is 5. The van der Waals surface area contributed by atoms with Gasteiger partial charge in [0.05, 0.1) is 0 Å². The van der Waals surface area contributed by atoms with E-state index in [1.807, 2.05) is 0 Å². The molecule has 1 heterocycles. The maximum Gasteiger partial charge on any atom is 0.452 e. The first kappa shape index (κ1) is 15.6. The first-order valence-corrected chi connectivity index (χ1v) is 6.83. The standard InChI is InChI=1S/C12H12F4N4S/c13-8-2-4-9(5-3-8)20(7-1-6-17)11-18-10(19-21-11)12(14,15)16/h2-5H,1,6-7,17H2. The van der Waals surface area contributed by atoms with Crippen LogP contribution in [0.5, 0.6) is 0 Å². The Morgan fingerprint density at radius 3 is 2.38 bits per heavy atom. The molecule has 0 aliphatic heterocycles. The summed E-state index contributed by atoms with van der Waals surface area (Å²) >= 11 is 0.644. The summed E-state index contributed by atoms with van der Waals surface area (Å²) in [6.45, 7) is 0.747. The smallest absolute Gasteiger partial charge is 0.330 e. The lowest BCUT2D eigenvalue weighted by molar-refractivity contribution is -0.144. The van der Waals surface area contributed by atoms with Crippen LogP contribution in [0, 0.1) is 5.82 Å². The van der Waals surface area contributed by atoms with Gasteiger partial charge in [-0.05, 0) is 37.2 Å². The highest BCUT2D eigenvalue weighted by atomic mass is 32.1. The molecule has 0 unspecified atom stereocenters. The van der Waals surface area contributed by atoms with Crippen LogP contribution in [0.2, 0.25) is 0 Å². The minimum Gasteiger partial charge on any atom is -0.330 e. The van der Waals surface area contributed by atoms with Crippen molar-refractivity contribution in [3.8, 4) is 0 Å². The monoisotopic (exact) mass is 320 g/mol. The van der Waals surface area contributed by atoms with Gasteiger partial charge in [0, 0.05) is 23.8 Å². The number of hydrogen-bond acceptors (Lipinski definition) is 5. The molecule has 0 atom stereocenters. The molecule has 2 rings (SSSR count). The third-order valence-electron chi connectivity index (χ3n) is 2.62. The number of hydrogen-bond donors (Lipinski definition) is 1. The zero-order valence-electron chi connectivity index (χ0n) is 10.8. The Balaban J connectivity index is 2.31. The molecule has 2 N–H and O–H groups in total. The van der Waals surface area contributed by atoms with E-state index in [-0.39, 0.29) is 5.13 Å². The van der Waals surface area contributed by atoms with Gasteiger partial charge in [0.1, 0.15) is 5.82 Å². The fraction of sp³-hybridized carbons (Fsp3) is 0.333. The first-order chi connectivity index (χ1) is 9.91. The van der Waals surface area contributed by atoms with E-state index in [1.165, 1.54) is 24.3 Å². The van der Waals surface area contributed by atoms with Crippen molar-refractivity contribution in [2.45, 2.75) is 12.6 Å². The molecule has 0 saturated carbocycles. The number of halogens is 4. The van der Waals surface area contributed by atoms with E-state index in [0.717, 1.165) is 0 Å². The summed E-state index contributed by atoms with van der Waals surface area (Å²) < 4.78 is 54.0. The van der Waals surface area contributed by atoms with Crippen LogP contribution in [0.3, 0.4) is 0 Å². The Bertz CT molecular complexity index is 582. The Morgan fingerprint density at radius 1 is 1.19 bits per heavy atom. The molecular weight excluding hydrogens is 308 g/mol. The van der Waals surface area contributed by atoms with Gasteiger partial charge >= 0.3 is 6.18 Å². The minimum atomic E-state index is -4.59. The van der Waals surface area contributed by atoms with Crippen LogP contribution < -0.4 is 10.6 Å². The van der Waals surface area contributed by atoms with E-state index in [1.54, 1.807) is 4.90 Å². The molecule has 1 aromatic carbocycles. The van der Waals surface area contributed by atoms with Gasteiger partial charge in [0.2, 0.25) is 11.0 Å². The summed E-state index contributed by atoms with van der Waals surface area (Å²) in [5.41, 5.74) is 5.97. The number of nitrogens with two attached hydrogens (primary N) is 1. The average Bonchev–Trinajstić information content (AvgIpc) is 2.91. The maximum absolute atomic E-state index is 13.0. The second-order valence-corrected chi connectivity index (χ2v) is 4.90. The normalized spacial score (nSPS) is 11.7. The van der Waals surface area contributed by atoms with Crippen molar-refractivity contribution >= 4 is 22.4 Å². The summed E-state index contributed by atoms with van der Waals surface area (Å²) in [7, 11) is 0. The van der Waals surface area contributed by atoms with Gasteiger partial charge in [0.25, 0.3) is 0 Å². The van der Waals surface area contributed by atoms with Gasteiger partial charge in [-0.1, -0.05) is 0 Å². The molecule has 114 valence electrons. The molecule has 4 nitrogen and oxygen atoms in total. The topological polar surface area (TPSA) is 55.0 Å². The summed E-state index contributed by atoms with van der Waals surface area (Å²) in [6, 6.07) is 5.41. The highest BCUT2D eigenvalue weighted by Gasteiger charge is 2.36. The fourth-order valence-electron chi connectivity index (χ4n) is 1.65. The van der Waals surface area contributed by atoms with Crippen molar-refractivity contribution in [3.63, 3.8) is 0 Å². The third-order valence-corrected chi connectivity index (χ3v) is 3.36. The highest BCUT2D eigenvalue weighted by Crippen LogP contribution is 2.33. The molecule has 0 radical (unpaired) electrons. The molecule has 9 heteroatoms. The summed E-state index contributed by atoms with van der Waals surface area (Å²) in [5, 5.41) is 0.0994. The molecule has 0 saturated heterocycles. The Morgan fingerprint density at radius 2 is 1.86 bits per heavy atom. The number of alkyl halides is 3. The van der Waals surface area contributed by atoms with Gasteiger partial charge in [-0.25, -0.2) is 4.39 Å². The van der Waals surface area contributed by atoms with Crippen molar-refractivity contribution < 1.29 is 17.6 Å². The predicted molar refractivity (Wildman–Crippen MR) is 72.0 cm³/mol. The van der Waals surface area contributed by atoms with Gasteiger partial charge in [-0.2, -0.15) is 22.5 Å². The van der Waals surface area contributed by atoms with Crippen LogP contribution in [0.4, 0.5) is 28.4 Å². The number of aromatic nitrogens is 2. The molecule has 0 bridgehead atoms. The lowest BCUT2D eigenvalue weighted by Crippen LogP contribution is -2.21. The zero-order chi connectivity index (χ0) is 15.5. The van der Waals surface area contributed by atoms with Crippen molar-refractivity contribution in [1.29, 1.82) is 0 Å². The van der Waals surface area contributed by atoms with Crippen molar-refractivity contribution in [2.24, 2.45) is 5.73 Å². The lowest BCUT2D eigenvalue weighted by Gasteiger charge is -2.21. The third kappa shape index (κ3) is 3.88. The van der Waals surface area contributed by atoms with E-state index < -0.39 is 17.8 Å². The van der Waals surface area contributed by atoms with E-state index >= 15 is 0 Å².